The van der Waals surface area contributed by atoms with Gasteiger partial charge in [-0.05, 0) is 29.7 Å². The van der Waals surface area contributed by atoms with E-state index < -0.39 is 0 Å². The third kappa shape index (κ3) is 3.38. The van der Waals surface area contributed by atoms with Gasteiger partial charge in [-0.3, -0.25) is 14.5 Å². The van der Waals surface area contributed by atoms with Gasteiger partial charge >= 0.3 is 0 Å². The highest BCUT2D eigenvalue weighted by Gasteiger charge is 2.40. The molecule has 1 aliphatic heterocycles. The summed E-state index contributed by atoms with van der Waals surface area (Å²) in [5.74, 6) is -0.997. The van der Waals surface area contributed by atoms with Crippen LogP contribution in [0.25, 0.3) is 5.57 Å². The smallest absolute Gasteiger partial charge is 0.277 e. The van der Waals surface area contributed by atoms with Gasteiger partial charge < -0.3 is 4.90 Å². The van der Waals surface area contributed by atoms with Crippen LogP contribution in [0.15, 0.2) is 60.3 Å². The number of halogens is 1. The normalized spacial score (nSPS) is 14.3. The molecule has 26 heavy (non-hydrogen) atoms. The van der Waals surface area contributed by atoms with Crippen LogP contribution in [0.2, 0.25) is 0 Å². The van der Waals surface area contributed by atoms with Gasteiger partial charge in [-0.25, -0.2) is 4.39 Å². The largest absolute Gasteiger partial charge is 0.365 e. The van der Waals surface area contributed by atoms with Gasteiger partial charge in [0.15, 0.2) is 0 Å². The lowest BCUT2D eigenvalue weighted by Gasteiger charge is -2.21. The van der Waals surface area contributed by atoms with Crippen LogP contribution in [0.3, 0.4) is 0 Å². The summed E-state index contributed by atoms with van der Waals surface area (Å²) in [5, 5.41) is 0. The van der Waals surface area contributed by atoms with Crippen LogP contribution in [-0.2, 0) is 16.1 Å². The molecule has 0 spiro atoms. The van der Waals surface area contributed by atoms with Gasteiger partial charge in [0.05, 0.1) is 5.57 Å². The maximum Gasteiger partial charge on any atom is 0.277 e. The molecule has 0 N–H and O–H groups in total. The first-order chi connectivity index (χ1) is 12.5. The standard InChI is InChI=1S/C21H21FN2O2/c1-3-13-24-20(25)18(16-9-11-17(22)12-10-16)19(21(24)26)23(2)14-15-7-5-4-6-8-15/h4-12H,3,13-14H2,1-2H3. The SMILES string of the molecule is CCCN1C(=O)C(c2ccc(F)cc2)=C(N(C)Cc2ccccc2)C1=O. The lowest BCUT2D eigenvalue weighted by Crippen LogP contribution is -2.34. The lowest BCUT2D eigenvalue weighted by atomic mass is 10.0. The molecular weight excluding hydrogens is 331 g/mol. The molecule has 0 aromatic heterocycles. The van der Waals surface area contributed by atoms with Crippen molar-refractivity contribution in [2.75, 3.05) is 13.6 Å². The van der Waals surface area contributed by atoms with Crippen LogP contribution in [0.4, 0.5) is 4.39 Å². The number of hydrogen-bond acceptors (Lipinski definition) is 3. The lowest BCUT2D eigenvalue weighted by molar-refractivity contribution is -0.137. The summed E-state index contributed by atoms with van der Waals surface area (Å²) >= 11 is 0. The fourth-order valence-electron chi connectivity index (χ4n) is 3.16. The van der Waals surface area contributed by atoms with E-state index in [-0.39, 0.29) is 17.6 Å². The zero-order valence-electron chi connectivity index (χ0n) is 14.9. The summed E-state index contributed by atoms with van der Waals surface area (Å²) in [6.07, 6.45) is 0.684. The number of imide groups is 1. The summed E-state index contributed by atoms with van der Waals surface area (Å²) in [6, 6.07) is 15.4. The van der Waals surface area contributed by atoms with Crippen molar-refractivity contribution in [3.8, 4) is 0 Å². The zero-order chi connectivity index (χ0) is 18.7. The zero-order valence-corrected chi connectivity index (χ0v) is 14.9. The number of nitrogens with zero attached hydrogens (tertiary/aromatic N) is 2. The molecule has 2 amide bonds. The molecule has 134 valence electrons. The molecule has 4 nitrogen and oxygen atoms in total. The molecule has 1 heterocycles. The van der Waals surface area contributed by atoms with Crippen molar-refractivity contribution in [3.63, 3.8) is 0 Å². The second-order valence-corrected chi connectivity index (χ2v) is 6.33. The summed E-state index contributed by atoms with van der Waals surface area (Å²) < 4.78 is 13.3. The summed E-state index contributed by atoms with van der Waals surface area (Å²) in [7, 11) is 1.80. The Morgan fingerprint density at radius 2 is 1.62 bits per heavy atom. The van der Waals surface area contributed by atoms with Crippen LogP contribution < -0.4 is 0 Å². The van der Waals surface area contributed by atoms with Crippen LogP contribution >= 0.6 is 0 Å². The van der Waals surface area contributed by atoms with E-state index in [2.05, 4.69) is 0 Å². The quantitative estimate of drug-likeness (QED) is 0.748. The van der Waals surface area contributed by atoms with Crippen LogP contribution in [0.5, 0.6) is 0 Å². The molecule has 5 heteroatoms. The fraction of sp³-hybridized carbons (Fsp3) is 0.238. The van der Waals surface area contributed by atoms with E-state index in [0.717, 1.165) is 5.56 Å². The molecule has 2 aromatic rings. The molecular formula is C21H21FN2O2. The molecule has 0 saturated heterocycles. The van der Waals surface area contributed by atoms with Crippen LogP contribution in [-0.4, -0.2) is 35.2 Å². The average molecular weight is 352 g/mol. The molecule has 3 rings (SSSR count). The third-order valence-electron chi connectivity index (χ3n) is 4.37. The van der Waals surface area contributed by atoms with Gasteiger partial charge in [-0.1, -0.05) is 49.4 Å². The topological polar surface area (TPSA) is 40.6 Å². The monoisotopic (exact) mass is 352 g/mol. The summed E-state index contributed by atoms with van der Waals surface area (Å²) in [4.78, 5) is 28.9. The van der Waals surface area contributed by atoms with E-state index in [0.29, 0.717) is 36.3 Å². The van der Waals surface area contributed by atoms with E-state index in [4.69, 9.17) is 0 Å². The van der Waals surface area contributed by atoms with Crippen molar-refractivity contribution >= 4 is 17.4 Å². The Morgan fingerprint density at radius 1 is 0.962 bits per heavy atom. The van der Waals surface area contributed by atoms with Crippen molar-refractivity contribution < 1.29 is 14.0 Å². The number of hydrogen-bond donors (Lipinski definition) is 0. The minimum Gasteiger partial charge on any atom is -0.365 e. The Morgan fingerprint density at radius 3 is 2.23 bits per heavy atom. The Hall–Kier alpha value is -2.95. The highest BCUT2D eigenvalue weighted by atomic mass is 19.1. The molecule has 0 aliphatic carbocycles. The molecule has 2 aromatic carbocycles. The van der Waals surface area contributed by atoms with Crippen LogP contribution in [0.1, 0.15) is 24.5 Å². The number of likely N-dealkylation sites (N-methyl/N-ethyl adjacent to an activating group) is 1. The van der Waals surface area contributed by atoms with Crippen molar-refractivity contribution in [2.45, 2.75) is 19.9 Å². The number of amides is 2. The van der Waals surface area contributed by atoms with Crippen molar-refractivity contribution in [1.82, 2.24) is 9.80 Å². The molecule has 0 bridgehead atoms. The summed E-state index contributed by atoms with van der Waals surface area (Å²) in [5.41, 5.74) is 2.29. The predicted octanol–water partition coefficient (Wildman–Crippen LogP) is 3.45. The summed E-state index contributed by atoms with van der Waals surface area (Å²) in [6.45, 7) is 2.79. The Bertz CT molecular complexity index is 844. The molecule has 1 aliphatic rings. The van der Waals surface area contributed by atoms with Gasteiger partial charge in [0.2, 0.25) is 0 Å². The Balaban J connectivity index is 2.03. The highest BCUT2D eigenvalue weighted by Crippen LogP contribution is 2.32. The Labute approximate surface area is 152 Å². The third-order valence-corrected chi connectivity index (χ3v) is 4.37. The second kappa shape index (κ2) is 7.52. The number of carbonyl (C=O) groups is 2. The molecule has 0 radical (unpaired) electrons. The Kier molecular flexibility index (Phi) is 5.16. The van der Waals surface area contributed by atoms with Gasteiger partial charge in [-0.15, -0.1) is 0 Å². The average Bonchev–Trinajstić information content (AvgIpc) is 2.88. The molecule has 0 atom stereocenters. The van der Waals surface area contributed by atoms with Gasteiger partial charge in [0, 0.05) is 20.1 Å². The first-order valence-corrected chi connectivity index (χ1v) is 8.64. The van der Waals surface area contributed by atoms with E-state index >= 15 is 0 Å². The predicted molar refractivity (Wildman–Crippen MR) is 98.2 cm³/mol. The highest BCUT2D eigenvalue weighted by molar-refractivity contribution is 6.35. The molecule has 0 fully saturated rings. The maximum atomic E-state index is 13.3. The second-order valence-electron chi connectivity index (χ2n) is 6.33. The number of benzene rings is 2. The molecule has 0 unspecified atom stereocenters. The van der Waals surface area contributed by atoms with Gasteiger partial charge in [0.1, 0.15) is 11.5 Å². The van der Waals surface area contributed by atoms with Crippen molar-refractivity contribution in [3.05, 3.63) is 77.2 Å². The fourth-order valence-corrected chi connectivity index (χ4v) is 3.16. The van der Waals surface area contributed by atoms with E-state index in [1.165, 1.54) is 17.0 Å². The molecule has 0 saturated carbocycles. The van der Waals surface area contributed by atoms with E-state index in [1.807, 2.05) is 37.3 Å². The van der Waals surface area contributed by atoms with E-state index in [1.54, 1.807) is 24.1 Å². The van der Waals surface area contributed by atoms with Gasteiger partial charge in [0.25, 0.3) is 11.8 Å². The minimum absolute atomic E-state index is 0.297. The van der Waals surface area contributed by atoms with Crippen LogP contribution in [0, 0.1) is 5.82 Å². The van der Waals surface area contributed by atoms with Gasteiger partial charge in [-0.2, -0.15) is 0 Å². The van der Waals surface area contributed by atoms with Crippen molar-refractivity contribution in [2.24, 2.45) is 0 Å². The number of carbonyl (C=O) groups excluding carboxylic acids is 2. The first-order valence-electron chi connectivity index (χ1n) is 8.64. The van der Waals surface area contributed by atoms with E-state index in [9.17, 15) is 14.0 Å². The maximum absolute atomic E-state index is 13.3. The minimum atomic E-state index is -0.379. The number of rotatable bonds is 6. The van der Waals surface area contributed by atoms with Crippen molar-refractivity contribution in [1.29, 1.82) is 0 Å². The first kappa shape index (κ1) is 17.9.